The van der Waals surface area contributed by atoms with Gasteiger partial charge >= 0.3 is 6.09 Å². The van der Waals surface area contributed by atoms with E-state index in [1.54, 1.807) is 0 Å². The molecule has 3 rings (SSSR count). The standard InChI is InChI=1S/C14H18N2O3/c17-13-9-16(14(18)19)8-12(13)15-6-5-10-3-1-2-4-11(10)7-15/h1-4,12-13,17H,5-9H2,(H,18,19)/t12-,13+/m1/s1. The van der Waals surface area contributed by atoms with Crippen LogP contribution in [0.5, 0.6) is 0 Å². The molecule has 2 aliphatic rings. The summed E-state index contributed by atoms with van der Waals surface area (Å²) in [6.07, 6.45) is -0.563. The monoisotopic (exact) mass is 262 g/mol. The number of fused-ring (bicyclic) bond motifs is 1. The fourth-order valence-electron chi connectivity index (χ4n) is 3.09. The van der Waals surface area contributed by atoms with Crippen LogP contribution in [-0.2, 0) is 13.0 Å². The number of likely N-dealkylation sites (tertiary alicyclic amines) is 1. The molecule has 0 spiro atoms. The highest BCUT2D eigenvalue weighted by Gasteiger charge is 2.38. The lowest BCUT2D eigenvalue weighted by molar-refractivity contribution is 0.0745. The average Bonchev–Trinajstić information content (AvgIpc) is 2.80. The number of benzene rings is 1. The molecular weight excluding hydrogens is 244 g/mol. The predicted octanol–water partition coefficient (Wildman–Crippen LogP) is 0.768. The molecule has 19 heavy (non-hydrogen) atoms. The van der Waals surface area contributed by atoms with Gasteiger partial charge in [0.15, 0.2) is 0 Å². The maximum Gasteiger partial charge on any atom is 0.407 e. The first-order valence-electron chi connectivity index (χ1n) is 6.62. The van der Waals surface area contributed by atoms with Gasteiger partial charge in [0.2, 0.25) is 0 Å². The average molecular weight is 262 g/mol. The molecule has 5 heteroatoms. The van der Waals surface area contributed by atoms with Gasteiger partial charge in [-0.25, -0.2) is 4.79 Å². The number of rotatable bonds is 1. The molecule has 1 aromatic carbocycles. The van der Waals surface area contributed by atoms with Crippen LogP contribution < -0.4 is 0 Å². The minimum absolute atomic E-state index is 0.0792. The number of nitrogens with zero attached hydrogens (tertiary/aromatic N) is 2. The Bertz CT molecular complexity index is 491. The highest BCUT2D eigenvalue weighted by Crippen LogP contribution is 2.24. The Morgan fingerprint density at radius 1 is 1.21 bits per heavy atom. The van der Waals surface area contributed by atoms with Crippen LogP contribution in [0.25, 0.3) is 0 Å². The number of aliphatic hydroxyl groups excluding tert-OH is 1. The summed E-state index contributed by atoms with van der Waals surface area (Å²) in [5.74, 6) is 0. The van der Waals surface area contributed by atoms with Crippen molar-refractivity contribution in [3.8, 4) is 0 Å². The van der Waals surface area contributed by atoms with E-state index in [-0.39, 0.29) is 12.6 Å². The van der Waals surface area contributed by atoms with Gasteiger partial charge in [-0.05, 0) is 17.5 Å². The molecule has 5 nitrogen and oxygen atoms in total. The van der Waals surface area contributed by atoms with Crippen molar-refractivity contribution in [2.45, 2.75) is 25.1 Å². The molecule has 0 bridgehead atoms. The van der Waals surface area contributed by atoms with Gasteiger partial charge in [0, 0.05) is 19.6 Å². The van der Waals surface area contributed by atoms with E-state index in [1.165, 1.54) is 16.0 Å². The second-order valence-electron chi connectivity index (χ2n) is 5.31. The minimum atomic E-state index is -0.945. The van der Waals surface area contributed by atoms with Gasteiger partial charge in [-0.15, -0.1) is 0 Å². The van der Waals surface area contributed by atoms with Crippen molar-refractivity contribution in [1.82, 2.24) is 9.80 Å². The molecule has 2 aliphatic heterocycles. The normalized spacial score (nSPS) is 27.3. The van der Waals surface area contributed by atoms with Gasteiger partial charge in [-0.2, -0.15) is 0 Å². The predicted molar refractivity (Wildman–Crippen MR) is 69.9 cm³/mol. The largest absolute Gasteiger partial charge is 0.465 e. The van der Waals surface area contributed by atoms with Crippen molar-refractivity contribution >= 4 is 6.09 Å². The summed E-state index contributed by atoms with van der Waals surface area (Å²) in [5, 5.41) is 19.1. The Kier molecular flexibility index (Phi) is 3.16. The van der Waals surface area contributed by atoms with Gasteiger partial charge in [0.05, 0.1) is 18.7 Å². The first-order valence-corrected chi connectivity index (χ1v) is 6.62. The van der Waals surface area contributed by atoms with Crippen molar-refractivity contribution in [2.24, 2.45) is 0 Å². The van der Waals surface area contributed by atoms with Crippen LogP contribution in [0, 0.1) is 0 Å². The summed E-state index contributed by atoms with van der Waals surface area (Å²) in [6.45, 7) is 2.30. The third-order valence-electron chi connectivity index (χ3n) is 4.16. The highest BCUT2D eigenvalue weighted by atomic mass is 16.4. The maximum absolute atomic E-state index is 11.0. The zero-order chi connectivity index (χ0) is 13.4. The third kappa shape index (κ3) is 2.31. The SMILES string of the molecule is O=C(O)N1C[C@@H](N2CCc3ccccc3C2)[C@@H](O)C1. The number of carboxylic acid groups (broad SMARTS) is 1. The molecule has 0 saturated carbocycles. The molecule has 0 radical (unpaired) electrons. The van der Waals surface area contributed by atoms with Gasteiger partial charge in [0.25, 0.3) is 0 Å². The molecule has 102 valence electrons. The van der Waals surface area contributed by atoms with E-state index in [4.69, 9.17) is 5.11 Å². The van der Waals surface area contributed by atoms with Crippen molar-refractivity contribution in [3.63, 3.8) is 0 Å². The van der Waals surface area contributed by atoms with Crippen molar-refractivity contribution in [2.75, 3.05) is 19.6 Å². The molecule has 0 unspecified atom stereocenters. The van der Waals surface area contributed by atoms with E-state index in [0.29, 0.717) is 6.54 Å². The molecule has 1 amide bonds. The van der Waals surface area contributed by atoms with Crippen molar-refractivity contribution in [1.29, 1.82) is 0 Å². The summed E-state index contributed by atoms with van der Waals surface area (Å²) < 4.78 is 0. The number of β-amino-alcohol motifs (C(OH)–C–C–N with tert-alkyl or cyclic N) is 1. The van der Waals surface area contributed by atoms with E-state index >= 15 is 0 Å². The number of hydrogen-bond donors (Lipinski definition) is 2. The smallest absolute Gasteiger partial charge is 0.407 e. The van der Waals surface area contributed by atoms with E-state index in [1.807, 2.05) is 12.1 Å². The van der Waals surface area contributed by atoms with Crippen LogP contribution in [-0.4, -0.2) is 57.9 Å². The number of amides is 1. The topological polar surface area (TPSA) is 64.0 Å². The van der Waals surface area contributed by atoms with Crippen molar-refractivity contribution < 1.29 is 15.0 Å². The molecule has 2 atom stereocenters. The number of hydrogen-bond acceptors (Lipinski definition) is 3. The second-order valence-corrected chi connectivity index (χ2v) is 5.31. The Labute approximate surface area is 112 Å². The Balaban J connectivity index is 1.73. The number of aliphatic hydroxyl groups is 1. The first kappa shape index (κ1) is 12.4. The summed E-state index contributed by atoms with van der Waals surface area (Å²) in [6, 6.07) is 8.24. The van der Waals surface area contributed by atoms with Crippen LogP contribution in [0.3, 0.4) is 0 Å². The molecule has 1 fully saturated rings. The van der Waals surface area contributed by atoms with Crippen LogP contribution >= 0.6 is 0 Å². The molecule has 0 aromatic heterocycles. The zero-order valence-electron chi connectivity index (χ0n) is 10.7. The van der Waals surface area contributed by atoms with Crippen LogP contribution in [0.2, 0.25) is 0 Å². The molecule has 0 aliphatic carbocycles. The number of carbonyl (C=O) groups is 1. The van der Waals surface area contributed by atoms with E-state index in [2.05, 4.69) is 17.0 Å². The fraction of sp³-hybridized carbons (Fsp3) is 0.500. The fourth-order valence-corrected chi connectivity index (χ4v) is 3.09. The molecule has 1 saturated heterocycles. The second kappa shape index (κ2) is 4.83. The summed E-state index contributed by atoms with van der Waals surface area (Å²) in [5.41, 5.74) is 2.65. The Morgan fingerprint density at radius 2 is 1.95 bits per heavy atom. The van der Waals surface area contributed by atoms with Gasteiger partial charge in [0.1, 0.15) is 0 Å². The summed E-state index contributed by atoms with van der Waals surface area (Å²) in [4.78, 5) is 14.5. The zero-order valence-corrected chi connectivity index (χ0v) is 10.7. The summed E-state index contributed by atoms with van der Waals surface area (Å²) in [7, 11) is 0. The van der Waals surface area contributed by atoms with Gasteiger partial charge in [-0.3, -0.25) is 4.90 Å². The van der Waals surface area contributed by atoms with Gasteiger partial charge in [-0.1, -0.05) is 24.3 Å². The Hall–Kier alpha value is -1.59. The molecule has 1 aromatic rings. The lowest BCUT2D eigenvalue weighted by Crippen LogP contribution is -2.45. The molecular formula is C14H18N2O3. The van der Waals surface area contributed by atoms with Crippen LogP contribution in [0.4, 0.5) is 4.79 Å². The van der Waals surface area contributed by atoms with Crippen LogP contribution in [0.15, 0.2) is 24.3 Å². The molecule has 2 N–H and O–H groups in total. The third-order valence-corrected chi connectivity index (χ3v) is 4.16. The van der Waals surface area contributed by atoms with E-state index in [9.17, 15) is 9.90 Å². The van der Waals surface area contributed by atoms with Crippen molar-refractivity contribution in [3.05, 3.63) is 35.4 Å². The molecule has 2 heterocycles. The lowest BCUT2D eigenvalue weighted by atomic mass is 9.98. The summed E-state index contributed by atoms with van der Waals surface area (Å²) >= 11 is 0. The Morgan fingerprint density at radius 3 is 2.63 bits per heavy atom. The first-order chi connectivity index (χ1) is 9.15. The lowest BCUT2D eigenvalue weighted by Gasteiger charge is -2.34. The van der Waals surface area contributed by atoms with Gasteiger partial charge < -0.3 is 15.1 Å². The highest BCUT2D eigenvalue weighted by molar-refractivity contribution is 5.65. The van der Waals surface area contributed by atoms with E-state index < -0.39 is 12.2 Å². The maximum atomic E-state index is 11.0. The quantitative estimate of drug-likeness (QED) is 0.784. The van der Waals surface area contributed by atoms with Crippen LogP contribution in [0.1, 0.15) is 11.1 Å². The van der Waals surface area contributed by atoms with E-state index in [0.717, 1.165) is 19.5 Å². The minimum Gasteiger partial charge on any atom is -0.465 e.